The fraction of sp³-hybridized carbons (Fsp3) is 0.796. The van der Waals surface area contributed by atoms with Gasteiger partial charge in [0.25, 0.3) is 7.82 Å². The van der Waals surface area contributed by atoms with Crippen molar-refractivity contribution in [2.45, 2.75) is 238 Å². The Hall–Kier alpha value is -1.80. The largest absolute Gasteiger partial charge is 0.756 e. The number of amides is 1. The van der Waals surface area contributed by atoms with Gasteiger partial charge in [0.2, 0.25) is 5.91 Å². The molecule has 3 unspecified atom stereocenters. The van der Waals surface area contributed by atoms with E-state index in [1.54, 1.807) is 6.08 Å². The molecule has 63 heavy (non-hydrogen) atoms. The summed E-state index contributed by atoms with van der Waals surface area (Å²) in [7, 11) is 1.23. The molecule has 0 spiro atoms. The van der Waals surface area contributed by atoms with Crippen molar-refractivity contribution in [2.24, 2.45) is 0 Å². The number of phosphoric ester groups is 1. The standard InChI is InChI=1S/C54H101N2O6P/c1-6-8-10-12-14-16-18-20-22-24-26-28-30-32-34-36-38-40-42-44-46-48-54(58)55-52(51-62-63(59,60)61-50-49-56(3,4)5)53(57)47-45-43-41-39-37-35-33-31-29-27-25-23-21-19-17-15-13-11-9-7-2/h8,10,14,16,29,31,37,39,45,47,52-53,57H,6-7,9,11-13,15,17-28,30,32-36,38,40-44,46,48-51H2,1-5H3,(H-,55,58,59,60)/b10-8-,16-14-,31-29+,39-37+,47-45+. The van der Waals surface area contributed by atoms with Crippen LogP contribution < -0.4 is 10.2 Å². The van der Waals surface area contributed by atoms with Gasteiger partial charge < -0.3 is 28.8 Å². The van der Waals surface area contributed by atoms with E-state index in [1.165, 1.54) is 148 Å². The lowest BCUT2D eigenvalue weighted by atomic mass is 10.0. The van der Waals surface area contributed by atoms with Gasteiger partial charge in [-0.3, -0.25) is 9.36 Å². The van der Waals surface area contributed by atoms with E-state index in [0.29, 0.717) is 17.4 Å². The van der Waals surface area contributed by atoms with Gasteiger partial charge in [0.15, 0.2) is 0 Å². The van der Waals surface area contributed by atoms with Gasteiger partial charge in [-0.15, -0.1) is 0 Å². The predicted molar refractivity (Wildman–Crippen MR) is 270 cm³/mol. The average molecular weight is 905 g/mol. The molecule has 1 amide bonds. The lowest BCUT2D eigenvalue weighted by Crippen LogP contribution is -2.45. The minimum Gasteiger partial charge on any atom is -0.756 e. The molecule has 0 fully saturated rings. The number of allylic oxidation sites excluding steroid dienone is 9. The van der Waals surface area contributed by atoms with E-state index in [9.17, 15) is 19.4 Å². The fourth-order valence-electron chi connectivity index (χ4n) is 7.34. The second-order valence-electron chi connectivity index (χ2n) is 18.8. The van der Waals surface area contributed by atoms with Crippen LogP contribution in [0.15, 0.2) is 60.8 Å². The number of hydrogen-bond donors (Lipinski definition) is 2. The van der Waals surface area contributed by atoms with Crippen LogP contribution in [0.4, 0.5) is 0 Å². The molecule has 0 aromatic rings. The molecule has 3 atom stereocenters. The van der Waals surface area contributed by atoms with Gasteiger partial charge in [0, 0.05) is 6.42 Å². The molecule has 8 nitrogen and oxygen atoms in total. The van der Waals surface area contributed by atoms with E-state index in [-0.39, 0.29) is 12.5 Å². The van der Waals surface area contributed by atoms with Crippen molar-refractivity contribution in [3.05, 3.63) is 60.8 Å². The molecule has 0 radical (unpaired) electrons. The van der Waals surface area contributed by atoms with Crippen LogP contribution in [0.3, 0.4) is 0 Å². The molecule has 9 heteroatoms. The summed E-state index contributed by atoms with van der Waals surface area (Å²) in [5.41, 5.74) is 0. The summed E-state index contributed by atoms with van der Waals surface area (Å²) in [5.74, 6) is -0.212. The molecule has 0 aliphatic heterocycles. The maximum atomic E-state index is 12.9. The molecule has 0 heterocycles. The Bertz CT molecular complexity index is 1210. The normalized spacial score (nSPS) is 14.6. The van der Waals surface area contributed by atoms with Crippen LogP contribution in [0.5, 0.6) is 0 Å². The number of rotatable bonds is 47. The highest BCUT2D eigenvalue weighted by Gasteiger charge is 2.23. The number of hydrogen-bond acceptors (Lipinski definition) is 6. The summed E-state index contributed by atoms with van der Waals surface area (Å²) in [6.45, 7) is 4.53. The third-order valence-electron chi connectivity index (χ3n) is 11.4. The summed E-state index contributed by atoms with van der Waals surface area (Å²) < 4.78 is 23.3. The fourth-order valence-corrected chi connectivity index (χ4v) is 8.06. The van der Waals surface area contributed by atoms with Crippen molar-refractivity contribution in [1.82, 2.24) is 5.32 Å². The SMILES string of the molecule is CC/C=C\C/C=C\CCCCCCCCCCCCCCCCC(=O)NC(COP(=O)([O-])OCC[N+](C)(C)C)C(O)/C=C/CC/C=C/CC/C=C/CCCCCCCCCCCC. The monoisotopic (exact) mass is 905 g/mol. The minimum absolute atomic E-state index is 0.0103. The number of aliphatic hydroxyl groups is 1. The number of nitrogens with one attached hydrogen (secondary N) is 1. The second-order valence-corrected chi connectivity index (χ2v) is 20.2. The Morgan fingerprint density at radius 1 is 0.571 bits per heavy atom. The highest BCUT2D eigenvalue weighted by Crippen LogP contribution is 2.38. The molecular weight excluding hydrogens is 804 g/mol. The topological polar surface area (TPSA) is 108 Å². The van der Waals surface area contributed by atoms with Crippen molar-refractivity contribution in [3.8, 4) is 0 Å². The molecule has 0 rings (SSSR count). The van der Waals surface area contributed by atoms with Gasteiger partial charge in [-0.1, -0.05) is 209 Å². The van der Waals surface area contributed by atoms with E-state index in [4.69, 9.17) is 9.05 Å². The molecule has 0 aliphatic rings. The number of aliphatic hydroxyl groups excluding tert-OH is 1. The van der Waals surface area contributed by atoms with E-state index in [2.05, 4.69) is 67.8 Å². The number of nitrogens with zero attached hydrogens (tertiary/aromatic N) is 1. The van der Waals surface area contributed by atoms with Gasteiger partial charge in [-0.25, -0.2) is 0 Å². The van der Waals surface area contributed by atoms with Gasteiger partial charge in [0.05, 0.1) is 39.9 Å². The molecule has 2 N–H and O–H groups in total. The highest BCUT2D eigenvalue weighted by atomic mass is 31.2. The number of unbranched alkanes of at least 4 members (excludes halogenated alkanes) is 26. The first kappa shape index (κ1) is 61.2. The van der Waals surface area contributed by atoms with Gasteiger partial charge in [0.1, 0.15) is 13.2 Å². The van der Waals surface area contributed by atoms with E-state index < -0.39 is 26.6 Å². The van der Waals surface area contributed by atoms with Crippen LogP contribution in [0.25, 0.3) is 0 Å². The van der Waals surface area contributed by atoms with Crippen molar-refractivity contribution in [2.75, 3.05) is 40.9 Å². The van der Waals surface area contributed by atoms with Crippen LogP contribution in [-0.2, 0) is 18.4 Å². The van der Waals surface area contributed by atoms with Crippen LogP contribution in [-0.4, -0.2) is 68.5 Å². The van der Waals surface area contributed by atoms with Gasteiger partial charge >= 0.3 is 0 Å². The number of carbonyl (C=O) groups is 1. The number of likely N-dealkylation sites (N-methyl/N-ethyl adjacent to an activating group) is 1. The van der Waals surface area contributed by atoms with Crippen LogP contribution in [0, 0.1) is 0 Å². The molecule has 368 valence electrons. The third-order valence-corrected chi connectivity index (χ3v) is 12.4. The average Bonchev–Trinajstić information content (AvgIpc) is 3.24. The zero-order chi connectivity index (χ0) is 46.4. The van der Waals surface area contributed by atoms with E-state index >= 15 is 0 Å². The van der Waals surface area contributed by atoms with Crippen LogP contribution >= 0.6 is 7.82 Å². The molecule has 0 bridgehead atoms. The summed E-state index contributed by atoms with van der Waals surface area (Å²) in [4.78, 5) is 25.4. The van der Waals surface area contributed by atoms with Gasteiger partial charge in [-0.2, -0.15) is 0 Å². The summed E-state index contributed by atoms with van der Waals surface area (Å²) in [6, 6.07) is -0.911. The first-order chi connectivity index (χ1) is 30.5. The van der Waals surface area contributed by atoms with Gasteiger partial charge in [-0.05, 0) is 70.6 Å². The zero-order valence-corrected chi connectivity index (χ0v) is 42.7. The summed E-state index contributed by atoms with van der Waals surface area (Å²) in [5, 5.41) is 13.8. The minimum atomic E-state index is -4.61. The number of phosphoric acid groups is 1. The Labute approximate surface area is 390 Å². The van der Waals surface area contributed by atoms with Crippen molar-refractivity contribution >= 4 is 13.7 Å². The zero-order valence-electron chi connectivity index (χ0n) is 41.8. The Kier molecular flexibility index (Phi) is 44.1. The first-order valence-electron chi connectivity index (χ1n) is 26.2. The molecule has 0 aromatic heterocycles. The molecular formula is C54H101N2O6P. The first-order valence-corrected chi connectivity index (χ1v) is 27.6. The summed E-state index contributed by atoms with van der Waals surface area (Å²) in [6.07, 6.45) is 60.0. The van der Waals surface area contributed by atoms with Crippen molar-refractivity contribution in [1.29, 1.82) is 0 Å². The molecule has 0 aliphatic carbocycles. The Morgan fingerprint density at radius 3 is 1.46 bits per heavy atom. The maximum absolute atomic E-state index is 12.9. The third kappa shape index (κ3) is 48.0. The Balaban J connectivity index is 4.36. The second kappa shape index (κ2) is 45.4. The lowest BCUT2D eigenvalue weighted by molar-refractivity contribution is -0.870. The quantitative estimate of drug-likeness (QED) is 0.0273. The van der Waals surface area contributed by atoms with Crippen molar-refractivity contribution < 1.29 is 32.9 Å². The highest BCUT2D eigenvalue weighted by molar-refractivity contribution is 7.45. The van der Waals surface area contributed by atoms with Crippen LogP contribution in [0.1, 0.15) is 226 Å². The smallest absolute Gasteiger partial charge is 0.268 e. The van der Waals surface area contributed by atoms with E-state index in [0.717, 1.165) is 57.8 Å². The van der Waals surface area contributed by atoms with E-state index in [1.807, 2.05) is 27.2 Å². The Morgan fingerprint density at radius 2 is 0.984 bits per heavy atom. The lowest BCUT2D eigenvalue weighted by Gasteiger charge is -2.29. The van der Waals surface area contributed by atoms with Crippen molar-refractivity contribution in [3.63, 3.8) is 0 Å². The predicted octanol–water partition coefficient (Wildman–Crippen LogP) is 14.7. The number of carbonyl (C=O) groups excluding carboxylic acids is 1. The molecule has 0 saturated carbocycles. The summed E-state index contributed by atoms with van der Waals surface area (Å²) >= 11 is 0. The maximum Gasteiger partial charge on any atom is 0.268 e. The molecule has 0 aromatic carbocycles. The molecule has 0 saturated heterocycles. The van der Waals surface area contributed by atoms with Crippen LogP contribution in [0.2, 0.25) is 0 Å². The number of quaternary nitrogens is 1.